The molecule has 0 radical (unpaired) electrons. The quantitative estimate of drug-likeness (QED) is 0.682. The number of hydrogen-bond acceptors (Lipinski definition) is 5. The lowest BCUT2D eigenvalue weighted by atomic mass is 10.2. The molecule has 1 unspecified atom stereocenters. The smallest absolute Gasteiger partial charge is 0.220 e. The molecule has 0 aromatic rings. The minimum Gasteiger partial charge on any atom is -0.394 e. The fourth-order valence-corrected chi connectivity index (χ4v) is 2.68. The second-order valence-corrected chi connectivity index (χ2v) is 5.92. The first kappa shape index (κ1) is 17.2. The number of rotatable bonds is 4. The average Bonchev–Trinajstić information content (AvgIpc) is 3.15. The third-order valence-electron chi connectivity index (χ3n) is 4.01. The zero-order valence-corrected chi connectivity index (χ0v) is 12.9. The predicted octanol–water partition coefficient (Wildman–Crippen LogP) is 0.0655. The first-order valence-electron chi connectivity index (χ1n) is 8.10. The van der Waals surface area contributed by atoms with Crippen LogP contribution in [0.2, 0.25) is 0 Å². The van der Waals surface area contributed by atoms with Gasteiger partial charge in [-0.3, -0.25) is 9.59 Å². The van der Waals surface area contributed by atoms with Gasteiger partial charge in [-0.2, -0.15) is 0 Å². The monoisotopic (exact) mass is 314 g/mol. The molecule has 3 atom stereocenters. The van der Waals surface area contributed by atoms with Gasteiger partial charge < -0.3 is 25.2 Å². The summed E-state index contributed by atoms with van der Waals surface area (Å²) < 4.78 is 11.0. The molecule has 22 heavy (non-hydrogen) atoms. The van der Waals surface area contributed by atoms with Crippen molar-refractivity contribution in [3.8, 4) is 0 Å². The largest absolute Gasteiger partial charge is 0.394 e. The van der Waals surface area contributed by atoms with Crippen molar-refractivity contribution < 1.29 is 24.2 Å². The lowest BCUT2D eigenvalue weighted by Crippen LogP contribution is -2.33. The van der Waals surface area contributed by atoms with E-state index >= 15 is 0 Å². The van der Waals surface area contributed by atoms with Crippen LogP contribution in [0.5, 0.6) is 0 Å². The van der Waals surface area contributed by atoms with E-state index in [4.69, 9.17) is 14.6 Å². The van der Waals surface area contributed by atoms with Crippen molar-refractivity contribution in [1.29, 1.82) is 0 Å². The maximum Gasteiger partial charge on any atom is 0.220 e. The van der Waals surface area contributed by atoms with E-state index in [2.05, 4.69) is 10.6 Å². The molecule has 3 fully saturated rings. The molecule has 0 aromatic carbocycles. The molecule has 3 rings (SSSR count). The van der Waals surface area contributed by atoms with E-state index in [0.717, 1.165) is 32.3 Å². The number of ether oxygens (including phenoxy) is 2. The van der Waals surface area contributed by atoms with Crippen molar-refractivity contribution in [2.75, 3.05) is 19.8 Å². The third kappa shape index (κ3) is 5.90. The number of nitrogens with one attached hydrogen (secondary N) is 2. The molecule has 126 valence electrons. The highest BCUT2D eigenvalue weighted by molar-refractivity contribution is 5.78. The third-order valence-corrected chi connectivity index (χ3v) is 4.01. The van der Waals surface area contributed by atoms with Crippen LogP contribution in [-0.2, 0) is 19.1 Å². The van der Waals surface area contributed by atoms with Gasteiger partial charge in [0.15, 0.2) is 6.29 Å². The van der Waals surface area contributed by atoms with Crippen molar-refractivity contribution in [3.05, 3.63) is 0 Å². The van der Waals surface area contributed by atoms with Gasteiger partial charge in [0.25, 0.3) is 0 Å². The van der Waals surface area contributed by atoms with Crippen molar-refractivity contribution in [3.63, 3.8) is 0 Å². The van der Waals surface area contributed by atoms with Crippen LogP contribution in [0.3, 0.4) is 0 Å². The molecule has 3 aliphatic rings. The minimum atomic E-state index is -0.0405. The zero-order chi connectivity index (χ0) is 15.8. The SMILES string of the molecule is O=C1CC[C@@H](CO)N1.O=C1CC[C@@H](COC2CCCCO2)N1. The first-order chi connectivity index (χ1) is 10.7. The molecule has 0 aliphatic carbocycles. The number of carbonyl (C=O) groups is 2. The van der Waals surface area contributed by atoms with Crippen LogP contribution in [0.25, 0.3) is 0 Å². The lowest BCUT2D eigenvalue weighted by Gasteiger charge is -2.24. The molecule has 0 aromatic heterocycles. The highest BCUT2D eigenvalue weighted by atomic mass is 16.7. The number of hydrogen-bond donors (Lipinski definition) is 3. The molecule has 0 spiro atoms. The van der Waals surface area contributed by atoms with Gasteiger partial charge in [-0.05, 0) is 32.1 Å². The summed E-state index contributed by atoms with van der Waals surface area (Å²) in [4.78, 5) is 21.3. The Balaban J connectivity index is 0.000000188. The van der Waals surface area contributed by atoms with Gasteiger partial charge in [0.1, 0.15) is 0 Å². The summed E-state index contributed by atoms with van der Waals surface area (Å²) in [5.41, 5.74) is 0. The molecule has 7 heteroatoms. The molecule has 3 saturated heterocycles. The molecule has 0 saturated carbocycles. The van der Waals surface area contributed by atoms with E-state index in [1.165, 1.54) is 6.42 Å². The maximum atomic E-state index is 10.9. The van der Waals surface area contributed by atoms with Crippen LogP contribution in [-0.4, -0.2) is 55.1 Å². The van der Waals surface area contributed by atoms with Gasteiger partial charge in [0.2, 0.25) is 11.8 Å². The van der Waals surface area contributed by atoms with Crippen molar-refractivity contribution >= 4 is 11.8 Å². The number of amides is 2. The Labute approximate surface area is 130 Å². The van der Waals surface area contributed by atoms with Crippen LogP contribution in [0.4, 0.5) is 0 Å². The van der Waals surface area contributed by atoms with E-state index in [1.54, 1.807) is 0 Å². The van der Waals surface area contributed by atoms with Crippen LogP contribution < -0.4 is 10.6 Å². The minimum absolute atomic E-state index is 0.0301. The topological polar surface area (TPSA) is 96.9 Å². The molecule has 3 heterocycles. The second kappa shape index (κ2) is 9.07. The van der Waals surface area contributed by atoms with Crippen molar-refractivity contribution in [2.24, 2.45) is 0 Å². The molecule has 2 amide bonds. The maximum absolute atomic E-state index is 10.9. The molecule has 0 bridgehead atoms. The number of aliphatic hydroxyl groups excluding tert-OH is 1. The Morgan fingerprint density at radius 2 is 1.73 bits per heavy atom. The summed E-state index contributed by atoms with van der Waals surface area (Å²) in [7, 11) is 0. The van der Waals surface area contributed by atoms with Gasteiger partial charge in [-0.25, -0.2) is 0 Å². The Morgan fingerprint density at radius 1 is 1.05 bits per heavy atom. The van der Waals surface area contributed by atoms with Crippen LogP contribution >= 0.6 is 0 Å². The Morgan fingerprint density at radius 3 is 2.18 bits per heavy atom. The molecular formula is C15H26N2O5. The van der Waals surface area contributed by atoms with Gasteiger partial charge in [0.05, 0.1) is 25.3 Å². The summed E-state index contributed by atoms with van der Waals surface area (Å²) in [5.74, 6) is 0.201. The number of carbonyl (C=O) groups excluding carboxylic acids is 2. The van der Waals surface area contributed by atoms with Crippen LogP contribution in [0, 0.1) is 0 Å². The van der Waals surface area contributed by atoms with Crippen molar-refractivity contribution in [1.82, 2.24) is 10.6 Å². The highest BCUT2D eigenvalue weighted by Gasteiger charge is 2.23. The van der Waals surface area contributed by atoms with Gasteiger partial charge >= 0.3 is 0 Å². The molecule has 3 N–H and O–H groups in total. The standard InChI is InChI=1S/C10H17NO3.C5H9NO2/c12-9-5-4-8(11-9)7-14-10-3-1-2-6-13-10;7-3-4-1-2-5(8)6-4/h8,10H,1-7H2,(H,11,12);4,7H,1-3H2,(H,6,8)/t8-,10?;4-/m00/s1. The van der Waals surface area contributed by atoms with E-state index in [1.807, 2.05) is 0 Å². The van der Waals surface area contributed by atoms with Crippen LogP contribution in [0.15, 0.2) is 0 Å². The predicted molar refractivity (Wildman–Crippen MR) is 79.0 cm³/mol. The van der Waals surface area contributed by atoms with E-state index in [0.29, 0.717) is 19.4 Å². The van der Waals surface area contributed by atoms with Gasteiger partial charge in [-0.1, -0.05) is 0 Å². The molecule has 7 nitrogen and oxygen atoms in total. The van der Waals surface area contributed by atoms with E-state index < -0.39 is 0 Å². The summed E-state index contributed by atoms with van der Waals surface area (Å²) in [6, 6.07) is 0.232. The Hall–Kier alpha value is -1.18. The summed E-state index contributed by atoms with van der Waals surface area (Å²) in [6.07, 6.45) is 6.16. The van der Waals surface area contributed by atoms with Gasteiger partial charge in [-0.15, -0.1) is 0 Å². The fraction of sp³-hybridized carbons (Fsp3) is 0.867. The highest BCUT2D eigenvalue weighted by Crippen LogP contribution is 2.15. The second-order valence-electron chi connectivity index (χ2n) is 5.92. The Bertz CT molecular complexity index is 371. The normalized spacial score (nSPS) is 31.2. The Kier molecular flexibility index (Phi) is 7.08. The zero-order valence-electron chi connectivity index (χ0n) is 12.9. The molecule has 3 aliphatic heterocycles. The number of aliphatic hydroxyl groups is 1. The van der Waals surface area contributed by atoms with E-state index in [9.17, 15) is 9.59 Å². The van der Waals surface area contributed by atoms with Crippen molar-refractivity contribution in [2.45, 2.75) is 63.3 Å². The first-order valence-corrected chi connectivity index (χ1v) is 8.10. The summed E-state index contributed by atoms with van der Waals surface area (Å²) in [6.45, 7) is 1.48. The summed E-state index contributed by atoms with van der Waals surface area (Å²) >= 11 is 0. The van der Waals surface area contributed by atoms with Crippen LogP contribution in [0.1, 0.15) is 44.9 Å². The van der Waals surface area contributed by atoms with Gasteiger partial charge in [0, 0.05) is 19.4 Å². The fourth-order valence-electron chi connectivity index (χ4n) is 2.68. The lowest BCUT2D eigenvalue weighted by molar-refractivity contribution is -0.165. The average molecular weight is 314 g/mol. The van der Waals surface area contributed by atoms with E-state index in [-0.39, 0.29) is 36.8 Å². The molecular weight excluding hydrogens is 288 g/mol. The summed E-state index contributed by atoms with van der Waals surface area (Å²) in [5, 5.41) is 14.0.